The molecule has 0 heterocycles. The zero-order chi connectivity index (χ0) is 13.8. The van der Waals surface area contributed by atoms with Crippen molar-refractivity contribution in [2.45, 2.75) is 25.8 Å². The van der Waals surface area contributed by atoms with Crippen LogP contribution in [0.4, 0.5) is 4.39 Å². The molecule has 2 rings (SSSR count). The molecular weight excluding hydrogens is 311 g/mol. The number of amides is 1. The number of rotatable bonds is 6. The van der Waals surface area contributed by atoms with Crippen LogP contribution in [0.2, 0.25) is 0 Å². The van der Waals surface area contributed by atoms with E-state index in [2.05, 4.69) is 26.6 Å². The largest absolute Gasteiger partial charge is 0.355 e. The molecule has 19 heavy (non-hydrogen) atoms. The molecule has 1 fully saturated rings. The summed E-state index contributed by atoms with van der Waals surface area (Å²) in [5, 5.41) is 5.91. The summed E-state index contributed by atoms with van der Waals surface area (Å²) in [5.74, 6) is 0.370. The highest BCUT2D eigenvalue weighted by Gasteiger charge is 2.21. The standard InChI is InChI=1S/C14H18BrFN2O/c1-9(12-5-4-11(15)6-13(12)16)17-8-14(19)18-7-10-2-3-10/h4-6,9-10,17H,2-3,7-8H2,1H3,(H,18,19)/t9-/m1/s1. The summed E-state index contributed by atoms with van der Waals surface area (Å²) in [6.45, 7) is 2.82. The van der Waals surface area contributed by atoms with E-state index in [-0.39, 0.29) is 24.3 Å². The van der Waals surface area contributed by atoms with Gasteiger partial charge in [-0.1, -0.05) is 22.0 Å². The van der Waals surface area contributed by atoms with Crippen LogP contribution in [0.3, 0.4) is 0 Å². The minimum absolute atomic E-state index is 0.0312. The summed E-state index contributed by atoms with van der Waals surface area (Å²) in [5.41, 5.74) is 0.568. The SMILES string of the molecule is C[C@@H](NCC(=O)NCC1CC1)c1ccc(Br)cc1F. The molecule has 1 aromatic carbocycles. The minimum atomic E-state index is -0.271. The Morgan fingerprint density at radius 2 is 2.26 bits per heavy atom. The molecule has 104 valence electrons. The third-order valence-electron chi connectivity index (χ3n) is 3.28. The number of hydrogen-bond donors (Lipinski definition) is 2. The summed E-state index contributed by atoms with van der Waals surface area (Å²) in [6, 6.07) is 4.75. The first-order valence-electron chi connectivity index (χ1n) is 6.51. The van der Waals surface area contributed by atoms with Gasteiger partial charge >= 0.3 is 0 Å². The molecule has 0 aromatic heterocycles. The number of carbonyl (C=O) groups excluding carboxylic acids is 1. The third kappa shape index (κ3) is 4.58. The van der Waals surface area contributed by atoms with Gasteiger partial charge in [0.2, 0.25) is 5.91 Å². The highest BCUT2D eigenvalue weighted by molar-refractivity contribution is 9.10. The molecule has 3 nitrogen and oxygen atoms in total. The zero-order valence-corrected chi connectivity index (χ0v) is 12.5. The fourth-order valence-electron chi connectivity index (χ4n) is 1.85. The van der Waals surface area contributed by atoms with Gasteiger partial charge in [0.15, 0.2) is 0 Å². The number of benzene rings is 1. The molecule has 1 atom stereocenters. The van der Waals surface area contributed by atoms with E-state index >= 15 is 0 Å². The van der Waals surface area contributed by atoms with Crippen LogP contribution < -0.4 is 10.6 Å². The lowest BCUT2D eigenvalue weighted by molar-refractivity contribution is -0.120. The normalized spacial score (nSPS) is 16.2. The van der Waals surface area contributed by atoms with Crippen molar-refractivity contribution in [1.29, 1.82) is 0 Å². The van der Waals surface area contributed by atoms with E-state index in [1.54, 1.807) is 12.1 Å². The Bertz CT molecular complexity index is 463. The van der Waals surface area contributed by atoms with Crippen LogP contribution in [0.1, 0.15) is 31.4 Å². The van der Waals surface area contributed by atoms with Crippen molar-refractivity contribution in [2.75, 3.05) is 13.1 Å². The lowest BCUT2D eigenvalue weighted by Crippen LogP contribution is -2.36. The first-order valence-corrected chi connectivity index (χ1v) is 7.30. The molecule has 0 radical (unpaired) electrons. The van der Waals surface area contributed by atoms with Crippen LogP contribution in [0, 0.1) is 11.7 Å². The van der Waals surface area contributed by atoms with Crippen LogP contribution in [0.15, 0.2) is 22.7 Å². The van der Waals surface area contributed by atoms with Gasteiger partial charge in [0.1, 0.15) is 5.82 Å². The Morgan fingerprint density at radius 3 is 2.89 bits per heavy atom. The number of hydrogen-bond acceptors (Lipinski definition) is 2. The monoisotopic (exact) mass is 328 g/mol. The minimum Gasteiger partial charge on any atom is -0.355 e. The molecule has 1 aliphatic carbocycles. The Hall–Kier alpha value is -0.940. The van der Waals surface area contributed by atoms with E-state index in [9.17, 15) is 9.18 Å². The second-order valence-electron chi connectivity index (χ2n) is 5.02. The van der Waals surface area contributed by atoms with Gasteiger partial charge in [0.25, 0.3) is 0 Å². The highest BCUT2D eigenvalue weighted by Crippen LogP contribution is 2.27. The van der Waals surface area contributed by atoms with Crippen molar-refractivity contribution >= 4 is 21.8 Å². The number of halogens is 2. The molecule has 0 bridgehead atoms. The first kappa shape index (κ1) is 14.5. The second-order valence-corrected chi connectivity index (χ2v) is 5.93. The Morgan fingerprint density at radius 1 is 1.53 bits per heavy atom. The molecule has 1 saturated carbocycles. The van der Waals surface area contributed by atoms with Crippen LogP contribution in [0.5, 0.6) is 0 Å². The van der Waals surface area contributed by atoms with Gasteiger partial charge in [-0.3, -0.25) is 4.79 Å². The molecule has 1 aromatic rings. The molecule has 1 aliphatic rings. The molecule has 0 aliphatic heterocycles. The summed E-state index contributed by atoms with van der Waals surface area (Å²) < 4.78 is 14.4. The average Bonchev–Trinajstić information content (AvgIpc) is 3.17. The Kier molecular flexibility index (Phi) is 4.93. The maximum absolute atomic E-state index is 13.7. The van der Waals surface area contributed by atoms with E-state index in [1.807, 2.05) is 6.92 Å². The van der Waals surface area contributed by atoms with Gasteiger partial charge in [0.05, 0.1) is 6.54 Å². The maximum Gasteiger partial charge on any atom is 0.233 e. The van der Waals surface area contributed by atoms with E-state index in [0.29, 0.717) is 16.0 Å². The maximum atomic E-state index is 13.7. The molecule has 0 saturated heterocycles. The van der Waals surface area contributed by atoms with E-state index in [1.165, 1.54) is 18.9 Å². The topological polar surface area (TPSA) is 41.1 Å². The summed E-state index contributed by atoms with van der Waals surface area (Å²) in [6.07, 6.45) is 2.43. The zero-order valence-electron chi connectivity index (χ0n) is 10.9. The second kappa shape index (κ2) is 6.48. The van der Waals surface area contributed by atoms with E-state index in [4.69, 9.17) is 0 Å². The fourth-order valence-corrected chi connectivity index (χ4v) is 2.18. The van der Waals surface area contributed by atoms with Crippen molar-refractivity contribution in [3.05, 3.63) is 34.1 Å². The molecule has 0 unspecified atom stereocenters. The molecule has 1 amide bonds. The van der Waals surface area contributed by atoms with Crippen molar-refractivity contribution in [1.82, 2.24) is 10.6 Å². The molecular formula is C14H18BrFN2O. The Labute approximate surface area is 121 Å². The van der Waals surface area contributed by atoms with Crippen LogP contribution in [-0.2, 0) is 4.79 Å². The summed E-state index contributed by atoms with van der Waals surface area (Å²) >= 11 is 3.22. The van der Waals surface area contributed by atoms with Crippen molar-refractivity contribution in [3.8, 4) is 0 Å². The van der Waals surface area contributed by atoms with Crippen LogP contribution >= 0.6 is 15.9 Å². The van der Waals surface area contributed by atoms with Gasteiger partial charge in [-0.2, -0.15) is 0 Å². The van der Waals surface area contributed by atoms with Gasteiger partial charge in [-0.15, -0.1) is 0 Å². The van der Waals surface area contributed by atoms with E-state index in [0.717, 1.165) is 6.54 Å². The van der Waals surface area contributed by atoms with Gasteiger partial charge in [0, 0.05) is 22.6 Å². The van der Waals surface area contributed by atoms with Crippen LogP contribution in [-0.4, -0.2) is 19.0 Å². The van der Waals surface area contributed by atoms with Gasteiger partial charge < -0.3 is 10.6 Å². The van der Waals surface area contributed by atoms with Gasteiger partial charge in [-0.05, 0) is 37.8 Å². The van der Waals surface area contributed by atoms with Crippen molar-refractivity contribution < 1.29 is 9.18 Å². The quantitative estimate of drug-likeness (QED) is 0.843. The molecule has 0 spiro atoms. The van der Waals surface area contributed by atoms with Crippen LogP contribution in [0.25, 0.3) is 0 Å². The number of nitrogens with one attached hydrogen (secondary N) is 2. The molecule has 5 heteroatoms. The summed E-state index contributed by atoms with van der Waals surface area (Å²) in [7, 11) is 0. The molecule has 2 N–H and O–H groups in total. The van der Waals surface area contributed by atoms with Gasteiger partial charge in [-0.25, -0.2) is 4.39 Å². The lowest BCUT2D eigenvalue weighted by Gasteiger charge is -2.15. The number of carbonyl (C=O) groups is 1. The van der Waals surface area contributed by atoms with Crippen molar-refractivity contribution in [2.24, 2.45) is 5.92 Å². The smallest absolute Gasteiger partial charge is 0.233 e. The third-order valence-corrected chi connectivity index (χ3v) is 3.78. The lowest BCUT2D eigenvalue weighted by atomic mass is 10.1. The average molecular weight is 329 g/mol. The predicted octanol–water partition coefficient (Wildman–Crippen LogP) is 2.77. The van der Waals surface area contributed by atoms with Crippen molar-refractivity contribution in [3.63, 3.8) is 0 Å². The fraction of sp³-hybridized carbons (Fsp3) is 0.500. The Balaban J connectivity index is 1.79. The highest BCUT2D eigenvalue weighted by atomic mass is 79.9. The summed E-state index contributed by atoms with van der Waals surface area (Å²) in [4.78, 5) is 11.6. The van der Waals surface area contributed by atoms with E-state index < -0.39 is 0 Å². The predicted molar refractivity (Wildman–Crippen MR) is 76.3 cm³/mol. The first-order chi connectivity index (χ1) is 9.06.